The third-order valence-corrected chi connectivity index (χ3v) is 7.07. The first-order valence-corrected chi connectivity index (χ1v) is 10.4. The molecule has 0 radical (unpaired) electrons. The number of carbonyl (C=O) groups excluding carboxylic acids is 1. The van der Waals surface area contributed by atoms with Gasteiger partial charge in [0.05, 0.1) is 5.37 Å². The Morgan fingerprint density at radius 2 is 1.81 bits per heavy atom. The molecule has 2 N–H and O–H groups in total. The van der Waals surface area contributed by atoms with Crippen molar-refractivity contribution in [2.24, 2.45) is 5.92 Å². The van der Waals surface area contributed by atoms with Gasteiger partial charge in [0.2, 0.25) is 0 Å². The molecule has 27 heavy (non-hydrogen) atoms. The fourth-order valence-electron chi connectivity index (χ4n) is 4.29. The second-order valence-electron chi connectivity index (χ2n) is 7.69. The molecule has 148 valence electrons. The molecule has 2 unspecified atom stereocenters. The van der Waals surface area contributed by atoms with E-state index >= 15 is 0 Å². The largest absolute Gasteiger partial charge is 0.403 e. The molecule has 8 heteroatoms. The van der Waals surface area contributed by atoms with Crippen molar-refractivity contribution in [1.29, 1.82) is 0 Å². The van der Waals surface area contributed by atoms with Gasteiger partial charge < -0.3 is 10.2 Å². The summed E-state index contributed by atoms with van der Waals surface area (Å²) in [5, 5.41) is 5.55. The predicted molar refractivity (Wildman–Crippen MR) is 98.7 cm³/mol. The number of hydrogen-bond donors (Lipinski definition) is 2. The molecule has 0 aromatic heterocycles. The van der Waals surface area contributed by atoms with Crippen LogP contribution in [0.5, 0.6) is 0 Å². The van der Waals surface area contributed by atoms with Crippen LogP contribution in [0.1, 0.15) is 36.0 Å². The van der Waals surface area contributed by atoms with Gasteiger partial charge in [0.15, 0.2) is 0 Å². The number of nitrogens with one attached hydrogen (secondary N) is 2. The molecule has 1 amide bonds. The molecule has 4 aliphatic heterocycles. The Morgan fingerprint density at radius 1 is 1.11 bits per heavy atom. The second-order valence-corrected chi connectivity index (χ2v) is 8.96. The van der Waals surface area contributed by atoms with Gasteiger partial charge in [-0.3, -0.25) is 10.1 Å². The summed E-state index contributed by atoms with van der Waals surface area (Å²) < 4.78 is 38.2. The molecule has 2 bridgehead atoms. The van der Waals surface area contributed by atoms with Crippen LogP contribution in [0.3, 0.4) is 0 Å². The molecule has 4 heterocycles. The van der Waals surface area contributed by atoms with Gasteiger partial charge in [0.1, 0.15) is 6.04 Å². The summed E-state index contributed by atoms with van der Waals surface area (Å²) in [6.45, 7) is 3.19. The fraction of sp³-hybridized carbons (Fsp3) is 0.632. The van der Waals surface area contributed by atoms with Crippen molar-refractivity contribution in [1.82, 2.24) is 15.5 Å². The van der Waals surface area contributed by atoms with E-state index in [-0.39, 0.29) is 23.7 Å². The van der Waals surface area contributed by atoms with Crippen molar-refractivity contribution in [3.8, 4) is 0 Å². The van der Waals surface area contributed by atoms with Crippen LogP contribution < -0.4 is 10.6 Å². The smallest absolute Gasteiger partial charge is 0.348 e. The summed E-state index contributed by atoms with van der Waals surface area (Å²) in [5.41, 5.74) is 0.600. The summed E-state index contributed by atoms with van der Waals surface area (Å²) in [7, 11) is 0. The van der Waals surface area contributed by atoms with Gasteiger partial charge in [-0.15, -0.1) is 11.8 Å². The van der Waals surface area contributed by atoms with Crippen LogP contribution in [0.25, 0.3) is 0 Å². The fourth-order valence-corrected chi connectivity index (χ4v) is 5.40. The molecule has 4 fully saturated rings. The van der Waals surface area contributed by atoms with Gasteiger partial charge in [0.25, 0.3) is 5.91 Å². The average molecular weight is 399 g/mol. The molecule has 4 saturated heterocycles. The van der Waals surface area contributed by atoms with Gasteiger partial charge in [-0.1, -0.05) is 0 Å². The van der Waals surface area contributed by atoms with E-state index in [9.17, 15) is 18.0 Å². The number of rotatable bonds is 4. The zero-order chi connectivity index (χ0) is 19.0. The molecule has 4 nitrogen and oxygen atoms in total. The van der Waals surface area contributed by atoms with E-state index in [0.717, 1.165) is 37.4 Å². The maximum Gasteiger partial charge on any atom is 0.403 e. The third-order valence-electron chi connectivity index (χ3n) is 5.87. The van der Waals surface area contributed by atoms with Crippen molar-refractivity contribution in [2.45, 2.75) is 54.2 Å². The first-order valence-electron chi connectivity index (χ1n) is 9.51. The minimum absolute atomic E-state index is 0.0681. The number of hydrogen-bond acceptors (Lipinski definition) is 4. The van der Waals surface area contributed by atoms with E-state index in [1.807, 2.05) is 12.1 Å². The van der Waals surface area contributed by atoms with Crippen molar-refractivity contribution in [3.63, 3.8) is 0 Å². The van der Waals surface area contributed by atoms with E-state index < -0.39 is 12.2 Å². The lowest BCUT2D eigenvalue weighted by molar-refractivity contribution is -0.152. The molecule has 4 aliphatic rings. The van der Waals surface area contributed by atoms with E-state index in [1.54, 1.807) is 12.1 Å². The molecule has 0 spiro atoms. The maximum absolute atomic E-state index is 12.7. The van der Waals surface area contributed by atoms with E-state index in [1.165, 1.54) is 11.8 Å². The second kappa shape index (κ2) is 7.64. The van der Waals surface area contributed by atoms with Crippen LogP contribution in [0, 0.1) is 5.92 Å². The number of alkyl halides is 3. The Morgan fingerprint density at radius 3 is 2.37 bits per heavy atom. The summed E-state index contributed by atoms with van der Waals surface area (Å²) in [5.74, 6) is 0.505. The minimum Gasteiger partial charge on any atom is -0.348 e. The van der Waals surface area contributed by atoms with Crippen LogP contribution >= 0.6 is 11.8 Å². The summed E-state index contributed by atoms with van der Waals surface area (Å²) in [4.78, 5) is 15.8. The number of nitrogens with zero attached hydrogens (tertiary/aromatic N) is 1. The molecular formula is C19H24F3N3OS. The van der Waals surface area contributed by atoms with Crippen LogP contribution in [0.2, 0.25) is 0 Å². The van der Waals surface area contributed by atoms with Gasteiger partial charge in [-0.25, -0.2) is 0 Å². The number of carbonyl (C=O) groups is 1. The van der Waals surface area contributed by atoms with Crippen molar-refractivity contribution < 1.29 is 18.0 Å². The molecule has 5 rings (SSSR count). The Balaban J connectivity index is 1.30. The first kappa shape index (κ1) is 19.1. The topological polar surface area (TPSA) is 44.4 Å². The van der Waals surface area contributed by atoms with Crippen LogP contribution in [-0.4, -0.2) is 54.1 Å². The lowest BCUT2D eigenvalue weighted by Crippen LogP contribution is -2.57. The van der Waals surface area contributed by atoms with Crippen molar-refractivity contribution in [3.05, 3.63) is 29.8 Å². The zero-order valence-corrected chi connectivity index (χ0v) is 15.8. The van der Waals surface area contributed by atoms with Crippen molar-refractivity contribution >= 4 is 17.7 Å². The van der Waals surface area contributed by atoms with Gasteiger partial charge >= 0.3 is 6.18 Å². The molecule has 1 aromatic carbocycles. The molecule has 1 aromatic rings. The zero-order valence-electron chi connectivity index (χ0n) is 15.0. The van der Waals surface area contributed by atoms with Crippen LogP contribution in [0.4, 0.5) is 13.2 Å². The highest BCUT2D eigenvalue weighted by Gasteiger charge is 2.44. The van der Waals surface area contributed by atoms with E-state index in [4.69, 9.17) is 0 Å². The lowest BCUT2D eigenvalue weighted by Gasteiger charge is -2.44. The minimum atomic E-state index is -4.19. The Labute approximate surface area is 161 Å². The molecule has 0 saturated carbocycles. The molecular weight excluding hydrogens is 375 g/mol. The van der Waals surface area contributed by atoms with Gasteiger partial charge in [-0.2, -0.15) is 13.2 Å². The standard InChI is InChI=1S/C19H24F3N3OS/c20-19(21,22)16-5-6-17(24-16)27-14-3-1-13(2-4-14)18(26)23-15-11-25-9-7-12(15)8-10-25/h1-4,12,15-17,24H,5-11H2,(H,23,26)/t15-,16?,17?/m0/s1. The number of amides is 1. The normalized spacial score (nSPS) is 33.2. The first-order chi connectivity index (χ1) is 12.9. The summed E-state index contributed by atoms with van der Waals surface area (Å²) >= 11 is 1.39. The SMILES string of the molecule is O=C(N[C@H]1CN2CCC1CC2)c1ccc(SC2CCC(C(F)(F)F)N2)cc1. The molecule has 3 atom stereocenters. The highest BCUT2D eigenvalue weighted by atomic mass is 32.2. The Hall–Kier alpha value is -1.25. The predicted octanol–water partition coefficient (Wildman–Crippen LogP) is 3.24. The van der Waals surface area contributed by atoms with E-state index in [2.05, 4.69) is 15.5 Å². The number of piperidine rings is 3. The Kier molecular flexibility index (Phi) is 5.40. The quantitative estimate of drug-likeness (QED) is 0.816. The third kappa shape index (κ3) is 4.43. The monoisotopic (exact) mass is 399 g/mol. The summed E-state index contributed by atoms with van der Waals surface area (Å²) in [6, 6.07) is 5.96. The number of fused-ring (bicyclic) bond motifs is 3. The highest BCUT2D eigenvalue weighted by Crippen LogP contribution is 2.35. The number of thioether (sulfide) groups is 1. The highest BCUT2D eigenvalue weighted by molar-refractivity contribution is 7.99. The van der Waals surface area contributed by atoms with Gasteiger partial charge in [-0.05, 0) is 69.0 Å². The number of benzene rings is 1. The molecule has 0 aliphatic carbocycles. The average Bonchev–Trinajstić information content (AvgIpc) is 3.12. The van der Waals surface area contributed by atoms with Crippen molar-refractivity contribution in [2.75, 3.05) is 19.6 Å². The van der Waals surface area contributed by atoms with E-state index in [0.29, 0.717) is 17.9 Å². The summed E-state index contributed by atoms with van der Waals surface area (Å²) in [6.07, 6.45) is -1.30. The van der Waals surface area contributed by atoms with Crippen LogP contribution in [0.15, 0.2) is 29.2 Å². The van der Waals surface area contributed by atoms with Gasteiger partial charge in [0, 0.05) is 23.0 Å². The van der Waals surface area contributed by atoms with Crippen LogP contribution in [-0.2, 0) is 0 Å². The number of halogens is 3. The Bertz CT molecular complexity index is 674. The lowest BCUT2D eigenvalue weighted by atomic mass is 9.84. The maximum atomic E-state index is 12.7.